The molecular formula is C10H24O2P2. The summed E-state index contributed by atoms with van der Waals surface area (Å²) in [7, 11) is -0.537. The van der Waals surface area contributed by atoms with Crippen LogP contribution in [0.15, 0.2) is 0 Å². The fourth-order valence-electron chi connectivity index (χ4n) is 1.22. The molecule has 0 rings (SSSR count). The second kappa shape index (κ2) is 10.3. The van der Waals surface area contributed by atoms with Gasteiger partial charge in [-0.3, -0.25) is 0 Å². The van der Waals surface area contributed by atoms with Gasteiger partial charge in [0.15, 0.2) is 0 Å². The van der Waals surface area contributed by atoms with Gasteiger partial charge in [0.2, 0.25) is 0 Å². The minimum Gasteiger partial charge on any atom is -0.381 e. The SMILES string of the molecule is CCOCCP(O)CCP(CC)CC. The standard InChI is InChI=1S/C10H24O2P2/c1-4-12-7-8-14(11)10-9-13(5-2)6-3/h11H,4-10H2,1-3H3. The molecule has 86 valence electrons. The maximum absolute atomic E-state index is 9.71. The highest BCUT2D eigenvalue weighted by Gasteiger charge is 2.08. The Morgan fingerprint density at radius 2 is 1.64 bits per heavy atom. The smallest absolute Gasteiger partial charge is 0.0526 e. The third kappa shape index (κ3) is 8.12. The van der Waals surface area contributed by atoms with Crippen molar-refractivity contribution >= 4 is 16.1 Å². The zero-order chi connectivity index (χ0) is 10.8. The summed E-state index contributed by atoms with van der Waals surface area (Å²) in [5.74, 6) is 0. The summed E-state index contributed by atoms with van der Waals surface area (Å²) < 4.78 is 5.23. The Kier molecular flexibility index (Phi) is 10.9. The van der Waals surface area contributed by atoms with E-state index < -0.39 is 8.15 Å². The van der Waals surface area contributed by atoms with Crippen molar-refractivity contribution in [3.8, 4) is 0 Å². The van der Waals surface area contributed by atoms with Gasteiger partial charge in [0.1, 0.15) is 0 Å². The van der Waals surface area contributed by atoms with Gasteiger partial charge >= 0.3 is 0 Å². The molecule has 1 unspecified atom stereocenters. The molecule has 0 bridgehead atoms. The van der Waals surface area contributed by atoms with Gasteiger partial charge in [-0.2, -0.15) is 0 Å². The molecule has 0 spiro atoms. The van der Waals surface area contributed by atoms with E-state index in [0.717, 1.165) is 25.5 Å². The molecule has 1 atom stereocenters. The lowest BCUT2D eigenvalue weighted by Crippen LogP contribution is -2.02. The first kappa shape index (κ1) is 14.8. The number of hydrogen-bond donors (Lipinski definition) is 1. The normalized spacial score (nSPS) is 13.5. The lowest BCUT2D eigenvalue weighted by molar-refractivity contribution is 0.163. The Labute approximate surface area is 91.0 Å². The van der Waals surface area contributed by atoms with Gasteiger partial charge in [-0.05, 0) is 31.6 Å². The van der Waals surface area contributed by atoms with E-state index in [9.17, 15) is 4.89 Å². The second-order valence-corrected chi connectivity index (χ2v) is 8.14. The summed E-state index contributed by atoms with van der Waals surface area (Å²) in [6.07, 6.45) is 5.74. The molecule has 14 heavy (non-hydrogen) atoms. The molecule has 0 aliphatic rings. The quantitative estimate of drug-likeness (QED) is 0.494. The van der Waals surface area contributed by atoms with Crippen LogP contribution in [-0.2, 0) is 4.74 Å². The van der Waals surface area contributed by atoms with E-state index in [-0.39, 0.29) is 7.92 Å². The molecule has 1 N–H and O–H groups in total. The Hall–Kier alpha value is 0.780. The summed E-state index contributed by atoms with van der Waals surface area (Å²) in [4.78, 5) is 9.71. The van der Waals surface area contributed by atoms with E-state index in [1.54, 1.807) is 0 Å². The van der Waals surface area contributed by atoms with Gasteiger partial charge < -0.3 is 9.63 Å². The average Bonchev–Trinajstić information content (AvgIpc) is 2.20. The predicted octanol–water partition coefficient (Wildman–Crippen LogP) is 2.93. The molecule has 0 amide bonds. The molecule has 0 radical (unpaired) electrons. The highest BCUT2D eigenvalue weighted by molar-refractivity contribution is 7.59. The molecular weight excluding hydrogens is 214 g/mol. The number of hydrogen-bond acceptors (Lipinski definition) is 2. The summed E-state index contributed by atoms with van der Waals surface area (Å²) in [5.41, 5.74) is 0. The van der Waals surface area contributed by atoms with Crippen molar-refractivity contribution in [3.05, 3.63) is 0 Å². The third-order valence-corrected chi connectivity index (χ3v) is 6.70. The first-order valence-electron chi connectivity index (χ1n) is 5.48. The van der Waals surface area contributed by atoms with Crippen LogP contribution < -0.4 is 0 Å². The molecule has 0 saturated heterocycles. The van der Waals surface area contributed by atoms with Crippen LogP contribution in [0, 0.1) is 0 Å². The molecule has 0 aromatic heterocycles. The highest BCUT2D eigenvalue weighted by atomic mass is 31.1. The summed E-state index contributed by atoms with van der Waals surface area (Å²) >= 11 is 0. The van der Waals surface area contributed by atoms with Gasteiger partial charge in [0.05, 0.1) is 6.61 Å². The lowest BCUT2D eigenvalue weighted by Gasteiger charge is -2.16. The van der Waals surface area contributed by atoms with Gasteiger partial charge in [0.25, 0.3) is 0 Å². The number of rotatable bonds is 9. The molecule has 0 aliphatic carbocycles. The maximum atomic E-state index is 9.71. The minimum absolute atomic E-state index is 0.208. The largest absolute Gasteiger partial charge is 0.381 e. The molecule has 0 aromatic rings. The average molecular weight is 238 g/mol. The van der Waals surface area contributed by atoms with Crippen LogP contribution in [0.4, 0.5) is 0 Å². The van der Waals surface area contributed by atoms with Gasteiger partial charge in [-0.25, -0.2) is 0 Å². The van der Waals surface area contributed by atoms with Crippen molar-refractivity contribution in [2.75, 3.05) is 44.0 Å². The highest BCUT2D eigenvalue weighted by Crippen LogP contribution is 2.39. The Morgan fingerprint density at radius 1 is 1.00 bits per heavy atom. The van der Waals surface area contributed by atoms with E-state index in [2.05, 4.69) is 13.8 Å². The molecule has 4 heteroatoms. The van der Waals surface area contributed by atoms with Gasteiger partial charge in [-0.15, -0.1) is 7.92 Å². The van der Waals surface area contributed by atoms with E-state index in [4.69, 9.17) is 4.74 Å². The monoisotopic (exact) mass is 238 g/mol. The van der Waals surface area contributed by atoms with Crippen molar-refractivity contribution < 1.29 is 9.63 Å². The van der Waals surface area contributed by atoms with Crippen LogP contribution in [0.5, 0.6) is 0 Å². The Bertz CT molecular complexity index is 119. The van der Waals surface area contributed by atoms with Crippen LogP contribution in [0.3, 0.4) is 0 Å². The summed E-state index contributed by atoms with van der Waals surface area (Å²) in [5, 5.41) is 0. The zero-order valence-electron chi connectivity index (χ0n) is 9.70. The lowest BCUT2D eigenvalue weighted by atomic mass is 10.8. The number of ether oxygens (including phenoxy) is 1. The van der Waals surface area contributed by atoms with Gasteiger partial charge in [0, 0.05) is 20.9 Å². The van der Waals surface area contributed by atoms with E-state index >= 15 is 0 Å². The van der Waals surface area contributed by atoms with Crippen molar-refractivity contribution in [1.82, 2.24) is 0 Å². The van der Waals surface area contributed by atoms with Crippen molar-refractivity contribution in [2.45, 2.75) is 20.8 Å². The first-order chi connectivity index (χ1) is 6.74. The van der Waals surface area contributed by atoms with Gasteiger partial charge in [-0.1, -0.05) is 13.8 Å². The van der Waals surface area contributed by atoms with Crippen molar-refractivity contribution in [3.63, 3.8) is 0 Å². The fraction of sp³-hybridized carbons (Fsp3) is 1.00. The topological polar surface area (TPSA) is 29.5 Å². The summed E-state index contributed by atoms with van der Waals surface area (Å²) in [6.45, 7) is 8.01. The second-order valence-electron chi connectivity index (χ2n) is 3.18. The van der Waals surface area contributed by atoms with Crippen molar-refractivity contribution in [1.29, 1.82) is 0 Å². The van der Waals surface area contributed by atoms with Crippen LogP contribution in [0.2, 0.25) is 0 Å². The molecule has 0 aromatic carbocycles. The molecule has 0 heterocycles. The minimum atomic E-state index is -0.745. The van der Waals surface area contributed by atoms with Crippen molar-refractivity contribution in [2.24, 2.45) is 0 Å². The summed E-state index contributed by atoms with van der Waals surface area (Å²) in [6, 6.07) is 0. The first-order valence-corrected chi connectivity index (χ1v) is 9.04. The van der Waals surface area contributed by atoms with E-state index in [1.807, 2.05) is 6.92 Å². The molecule has 2 nitrogen and oxygen atoms in total. The van der Waals surface area contributed by atoms with Crippen LogP contribution in [0.1, 0.15) is 20.8 Å². The van der Waals surface area contributed by atoms with Crippen LogP contribution >= 0.6 is 16.1 Å². The Morgan fingerprint density at radius 3 is 2.14 bits per heavy atom. The molecule has 0 saturated carbocycles. The molecule has 0 aliphatic heterocycles. The molecule has 0 fully saturated rings. The predicted molar refractivity (Wildman–Crippen MR) is 68.2 cm³/mol. The fourth-order valence-corrected chi connectivity index (χ4v) is 4.92. The van der Waals surface area contributed by atoms with E-state index in [1.165, 1.54) is 18.5 Å². The zero-order valence-corrected chi connectivity index (χ0v) is 11.5. The Balaban J connectivity index is 3.37. The van der Waals surface area contributed by atoms with Crippen LogP contribution in [0.25, 0.3) is 0 Å². The van der Waals surface area contributed by atoms with E-state index in [0.29, 0.717) is 0 Å². The third-order valence-electron chi connectivity index (χ3n) is 2.27. The van der Waals surface area contributed by atoms with Crippen LogP contribution in [-0.4, -0.2) is 48.9 Å². The maximum Gasteiger partial charge on any atom is 0.0526 e.